The second-order valence-electron chi connectivity index (χ2n) is 7.01. The molecule has 7 nitrogen and oxygen atoms in total. The molecule has 0 spiro atoms. The molecule has 132 valence electrons. The van der Waals surface area contributed by atoms with Gasteiger partial charge in [0, 0.05) is 25.2 Å². The Labute approximate surface area is 147 Å². The smallest absolute Gasteiger partial charge is 0.319 e. The number of urea groups is 1. The van der Waals surface area contributed by atoms with Gasteiger partial charge in [-0.3, -0.25) is 10.2 Å². The number of piperazine rings is 1. The fourth-order valence-corrected chi connectivity index (χ4v) is 3.86. The van der Waals surface area contributed by atoms with E-state index in [0.29, 0.717) is 18.4 Å². The van der Waals surface area contributed by atoms with Crippen molar-refractivity contribution in [1.82, 2.24) is 24.8 Å². The minimum Gasteiger partial charge on any atom is -0.319 e. The average Bonchev–Trinajstić information content (AvgIpc) is 3.24. The number of carbonyl (C=O) groups excluding carboxylic acids is 1. The van der Waals surface area contributed by atoms with Crippen molar-refractivity contribution in [2.45, 2.75) is 38.4 Å². The first kappa shape index (κ1) is 16.1. The van der Waals surface area contributed by atoms with Crippen LogP contribution in [-0.2, 0) is 6.54 Å². The summed E-state index contributed by atoms with van der Waals surface area (Å²) < 4.78 is 1.74. The van der Waals surface area contributed by atoms with E-state index < -0.39 is 0 Å². The van der Waals surface area contributed by atoms with Crippen LogP contribution in [0.5, 0.6) is 0 Å². The number of benzene rings is 1. The molecular weight excluding hydrogens is 316 g/mol. The molecule has 2 aromatic rings. The van der Waals surface area contributed by atoms with Crippen LogP contribution < -0.4 is 5.32 Å². The summed E-state index contributed by atoms with van der Waals surface area (Å²) in [7, 11) is 0. The van der Waals surface area contributed by atoms with Crippen LogP contribution in [0.4, 0.5) is 10.6 Å². The topological polar surface area (TPSA) is 66.3 Å². The quantitative estimate of drug-likeness (QED) is 0.928. The molecule has 1 aromatic carbocycles. The molecule has 2 fully saturated rings. The molecule has 2 saturated heterocycles. The maximum absolute atomic E-state index is 12.7. The zero-order valence-electron chi connectivity index (χ0n) is 14.5. The summed E-state index contributed by atoms with van der Waals surface area (Å²) in [6.07, 6.45) is 4.20. The Kier molecular flexibility index (Phi) is 4.40. The van der Waals surface area contributed by atoms with Crippen molar-refractivity contribution < 1.29 is 4.79 Å². The Morgan fingerprint density at radius 3 is 2.96 bits per heavy atom. The number of amides is 2. The number of nitrogens with one attached hydrogen (secondary N) is 1. The van der Waals surface area contributed by atoms with Gasteiger partial charge in [-0.05, 0) is 31.9 Å². The number of rotatable bonds is 3. The summed E-state index contributed by atoms with van der Waals surface area (Å²) in [6.45, 7) is 5.67. The summed E-state index contributed by atoms with van der Waals surface area (Å²) >= 11 is 0. The molecule has 2 amide bonds. The molecule has 4 rings (SSSR count). The summed E-state index contributed by atoms with van der Waals surface area (Å²) in [4.78, 5) is 17.1. The van der Waals surface area contributed by atoms with Crippen LogP contribution in [0.1, 0.15) is 25.3 Å². The van der Waals surface area contributed by atoms with E-state index in [2.05, 4.69) is 27.5 Å². The predicted octanol–water partition coefficient (Wildman–Crippen LogP) is 2.03. The van der Waals surface area contributed by atoms with E-state index in [1.165, 1.54) is 12.8 Å². The molecule has 1 N–H and O–H groups in total. The Bertz CT molecular complexity index is 730. The molecule has 7 heteroatoms. The molecule has 0 radical (unpaired) electrons. The molecule has 0 saturated carbocycles. The molecular formula is C18H24N6O. The third kappa shape index (κ3) is 3.51. The van der Waals surface area contributed by atoms with Gasteiger partial charge in [-0.1, -0.05) is 35.5 Å². The van der Waals surface area contributed by atoms with Crippen molar-refractivity contribution in [2.24, 2.45) is 0 Å². The molecule has 0 aliphatic carbocycles. The molecule has 25 heavy (non-hydrogen) atoms. The van der Waals surface area contributed by atoms with Crippen LogP contribution in [0.3, 0.4) is 0 Å². The first-order valence-electron chi connectivity index (χ1n) is 8.95. The Balaban J connectivity index is 1.38. The monoisotopic (exact) mass is 340 g/mol. The Morgan fingerprint density at radius 2 is 2.12 bits per heavy atom. The van der Waals surface area contributed by atoms with Gasteiger partial charge >= 0.3 is 6.03 Å². The predicted molar refractivity (Wildman–Crippen MR) is 95.3 cm³/mol. The molecule has 0 unspecified atom stereocenters. The lowest BCUT2D eigenvalue weighted by molar-refractivity contribution is 0.0861. The zero-order valence-corrected chi connectivity index (χ0v) is 14.5. The fraction of sp³-hybridized carbons (Fsp3) is 0.500. The van der Waals surface area contributed by atoms with Crippen LogP contribution in [-0.4, -0.2) is 62.5 Å². The first-order chi connectivity index (χ1) is 12.2. The highest BCUT2D eigenvalue weighted by Gasteiger charge is 2.36. The van der Waals surface area contributed by atoms with Gasteiger partial charge in [0.1, 0.15) is 0 Å². The van der Waals surface area contributed by atoms with E-state index in [4.69, 9.17) is 0 Å². The lowest BCUT2D eigenvalue weighted by Crippen LogP contribution is -2.57. The molecule has 1 aromatic heterocycles. The summed E-state index contributed by atoms with van der Waals surface area (Å²) in [6, 6.07) is 10.7. The third-order valence-electron chi connectivity index (χ3n) is 5.16. The molecule has 2 aliphatic heterocycles. The molecule has 2 aliphatic rings. The average molecular weight is 340 g/mol. The van der Waals surface area contributed by atoms with Gasteiger partial charge in [0.2, 0.25) is 0 Å². The highest BCUT2D eigenvalue weighted by Crippen LogP contribution is 2.24. The summed E-state index contributed by atoms with van der Waals surface area (Å²) in [5.41, 5.74) is 1.15. The van der Waals surface area contributed by atoms with Crippen LogP contribution in [0.15, 0.2) is 36.5 Å². The number of nitrogens with zero attached hydrogens (tertiary/aromatic N) is 5. The van der Waals surface area contributed by atoms with Gasteiger partial charge in [-0.25, -0.2) is 9.48 Å². The van der Waals surface area contributed by atoms with E-state index in [0.717, 1.165) is 25.2 Å². The summed E-state index contributed by atoms with van der Waals surface area (Å²) in [5.74, 6) is 0.502. The minimum absolute atomic E-state index is 0.0780. The molecule has 3 heterocycles. The summed E-state index contributed by atoms with van der Waals surface area (Å²) in [5, 5.41) is 11.1. The van der Waals surface area contributed by atoms with Crippen LogP contribution in [0, 0.1) is 0 Å². The van der Waals surface area contributed by atoms with Gasteiger partial charge < -0.3 is 4.90 Å². The second kappa shape index (κ2) is 6.84. The second-order valence-corrected chi connectivity index (χ2v) is 7.01. The third-order valence-corrected chi connectivity index (χ3v) is 5.16. The Hall–Kier alpha value is -2.41. The lowest BCUT2D eigenvalue weighted by atomic mass is 10.1. The maximum atomic E-state index is 12.7. The first-order valence-corrected chi connectivity index (χ1v) is 8.95. The standard InChI is InChI=1S/C18H24N6O/c1-14-10-22-9-5-8-16(22)12-24(14)18(25)19-17-13-23(21-20-17)11-15-6-3-2-4-7-15/h2-4,6-7,13-14,16H,5,8-12H2,1H3,(H,19,25)/t14-,16-/m1/s1. The van der Waals surface area contributed by atoms with Gasteiger partial charge in [-0.2, -0.15) is 0 Å². The van der Waals surface area contributed by atoms with Gasteiger partial charge in [0.25, 0.3) is 0 Å². The largest absolute Gasteiger partial charge is 0.323 e. The van der Waals surface area contributed by atoms with Crippen LogP contribution >= 0.6 is 0 Å². The Morgan fingerprint density at radius 1 is 1.28 bits per heavy atom. The van der Waals surface area contributed by atoms with Gasteiger partial charge in [0.15, 0.2) is 5.82 Å². The van der Waals surface area contributed by atoms with Crippen molar-refractivity contribution in [3.8, 4) is 0 Å². The highest BCUT2D eigenvalue weighted by atomic mass is 16.2. The van der Waals surface area contributed by atoms with E-state index in [1.807, 2.05) is 35.2 Å². The van der Waals surface area contributed by atoms with E-state index in [-0.39, 0.29) is 12.1 Å². The molecule has 0 bridgehead atoms. The maximum Gasteiger partial charge on any atom is 0.323 e. The van der Waals surface area contributed by atoms with Crippen molar-refractivity contribution in [2.75, 3.05) is 25.0 Å². The van der Waals surface area contributed by atoms with E-state index in [1.54, 1.807) is 10.9 Å². The number of fused-ring (bicyclic) bond motifs is 1. The number of hydrogen-bond donors (Lipinski definition) is 1. The van der Waals surface area contributed by atoms with E-state index >= 15 is 0 Å². The van der Waals surface area contributed by atoms with Crippen molar-refractivity contribution >= 4 is 11.8 Å². The SMILES string of the molecule is C[C@@H]1CN2CCC[C@@H]2CN1C(=O)Nc1cn(Cc2ccccc2)nn1. The number of hydrogen-bond acceptors (Lipinski definition) is 4. The lowest BCUT2D eigenvalue weighted by Gasteiger charge is -2.42. The highest BCUT2D eigenvalue weighted by molar-refractivity contribution is 5.88. The number of anilines is 1. The number of aromatic nitrogens is 3. The minimum atomic E-state index is -0.0780. The van der Waals surface area contributed by atoms with Gasteiger partial charge in [-0.15, -0.1) is 5.10 Å². The zero-order chi connectivity index (χ0) is 17.2. The number of carbonyl (C=O) groups is 1. The fourth-order valence-electron chi connectivity index (χ4n) is 3.86. The van der Waals surface area contributed by atoms with Gasteiger partial charge in [0.05, 0.1) is 12.7 Å². The van der Waals surface area contributed by atoms with Crippen molar-refractivity contribution in [1.29, 1.82) is 0 Å². The molecule has 2 atom stereocenters. The van der Waals surface area contributed by atoms with Crippen molar-refractivity contribution in [3.63, 3.8) is 0 Å². The normalized spacial score (nSPS) is 23.5. The van der Waals surface area contributed by atoms with Crippen molar-refractivity contribution in [3.05, 3.63) is 42.1 Å². The van der Waals surface area contributed by atoms with Crippen LogP contribution in [0.25, 0.3) is 0 Å². The van der Waals surface area contributed by atoms with E-state index in [9.17, 15) is 4.79 Å². The van der Waals surface area contributed by atoms with Crippen LogP contribution in [0.2, 0.25) is 0 Å².